The van der Waals surface area contributed by atoms with E-state index in [1.165, 1.54) is 46.3 Å². The van der Waals surface area contributed by atoms with E-state index in [0.717, 1.165) is 18.7 Å². The lowest BCUT2D eigenvalue weighted by molar-refractivity contribution is 0.407. The van der Waals surface area contributed by atoms with Gasteiger partial charge in [-0.05, 0) is 60.6 Å². The highest BCUT2D eigenvalue weighted by Gasteiger charge is 2.12. The first-order valence-corrected chi connectivity index (χ1v) is 7.68. The van der Waals surface area contributed by atoms with E-state index in [4.69, 9.17) is 4.74 Å². The summed E-state index contributed by atoms with van der Waals surface area (Å²) >= 11 is 0. The van der Waals surface area contributed by atoms with Crippen molar-refractivity contribution in [1.82, 2.24) is 0 Å². The molecule has 0 spiro atoms. The predicted molar refractivity (Wildman–Crippen MR) is 88.5 cm³/mol. The van der Waals surface area contributed by atoms with Crippen molar-refractivity contribution in [2.24, 2.45) is 0 Å². The molecule has 0 aliphatic carbocycles. The van der Waals surface area contributed by atoms with Gasteiger partial charge in [0.15, 0.2) is 0 Å². The molecule has 0 bridgehead atoms. The van der Waals surface area contributed by atoms with Gasteiger partial charge in [-0.3, -0.25) is 0 Å². The third-order valence-corrected chi connectivity index (χ3v) is 4.46. The Hall–Kier alpha value is -1.96. The molecule has 3 rings (SSSR count). The summed E-state index contributed by atoms with van der Waals surface area (Å²) in [5, 5.41) is 3.47. The van der Waals surface area contributed by atoms with Gasteiger partial charge in [0, 0.05) is 18.7 Å². The van der Waals surface area contributed by atoms with Crippen LogP contribution in [-0.2, 0) is 12.8 Å². The molecule has 0 aromatic heterocycles. The van der Waals surface area contributed by atoms with Gasteiger partial charge < -0.3 is 10.1 Å². The highest BCUT2D eigenvalue weighted by Crippen LogP contribution is 2.30. The molecule has 1 aliphatic rings. The van der Waals surface area contributed by atoms with Crippen molar-refractivity contribution in [2.45, 2.75) is 33.1 Å². The summed E-state index contributed by atoms with van der Waals surface area (Å²) in [6.45, 7) is 5.36. The molecule has 2 nitrogen and oxygen atoms in total. The molecule has 110 valence electrons. The zero-order valence-electron chi connectivity index (χ0n) is 13.1. The Bertz CT molecular complexity index is 661. The van der Waals surface area contributed by atoms with Crippen molar-refractivity contribution in [3.05, 3.63) is 58.1 Å². The average molecular weight is 281 g/mol. The SMILES string of the molecule is COc1c(Cc2ccc3c(c2)CCCN3)ccc(C)c1C. The largest absolute Gasteiger partial charge is 0.496 e. The molecule has 1 aliphatic heterocycles. The molecule has 1 N–H and O–H groups in total. The van der Waals surface area contributed by atoms with Gasteiger partial charge in [-0.2, -0.15) is 0 Å². The van der Waals surface area contributed by atoms with Crippen LogP contribution in [0.2, 0.25) is 0 Å². The van der Waals surface area contributed by atoms with Gasteiger partial charge in [0.05, 0.1) is 7.11 Å². The molecule has 1 heterocycles. The molecule has 21 heavy (non-hydrogen) atoms. The van der Waals surface area contributed by atoms with Crippen LogP contribution >= 0.6 is 0 Å². The molecule has 0 saturated carbocycles. The molecule has 2 aromatic carbocycles. The summed E-state index contributed by atoms with van der Waals surface area (Å²) in [4.78, 5) is 0. The van der Waals surface area contributed by atoms with Crippen LogP contribution in [-0.4, -0.2) is 13.7 Å². The van der Waals surface area contributed by atoms with E-state index in [-0.39, 0.29) is 0 Å². The fraction of sp³-hybridized carbons (Fsp3) is 0.368. The van der Waals surface area contributed by atoms with Crippen LogP contribution < -0.4 is 10.1 Å². The van der Waals surface area contributed by atoms with Crippen molar-refractivity contribution in [1.29, 1.82) is 0 Å². The Balaban J connectivity index is 1.92. The first-order valence-electron chi connectivity index (χ1n) is 7.68. The first kappa shape index (κ1) is 14.0. The quantitative estimate of drug-likeness (QED) is 0.907. The summed E-state index contributed by atoms with van der Waals surface area (Å²) in [7, 11) is 1.77. The number of aryl methyl sites for hydroxylation is 2. The Morgan fingerprint density at radius 1 is 1.14 bits per heavy atom. The van der Waals surface area contributed by atoms with Crippen LogP contribution in [0.5, 0.6) is 5.75 Å². The molecule has 0 saturated heterocycles. The molecular formula is C19H23NO. The number of benzene rings is 2. The van der Waals surface area contributed by atoms with Gasteiger partial charge in [0.2, 0.25) is 0 Å². The summed E-state index contributed by atoms with van der Waals surface area (Å²) < 4.78 is 5.63. The lowest BCUT2D eigenvalue weighted by atomic mass is 9.95. The summed E-state index contributed by atoms with van der Waals surface area (Å²) in [6.07, 6.45) is 3.33. The van der Waals surface area contributed by atoms with Crippen LogP contribution in [0.15, 0.2) is 30.3 Å². The van der Waals surface area contributed by atoms with Gasteiger partial charge >= 0.3 is 0 Å². The molecule has 0 fully saturated rings. The number of ether oxygens (including phenoxy) is 1. The van der Waals surface area contributed by atoms with Crippen molar-refractivity contribution >= 4 is 5.69 Å². The highest BCUT2D eigenvalue weighted by atomic mass is 16.5. The zero-order chi connectivity index (χ0) is 14.8. The number of hydrogen-bond donors (Lipinski definition) is 1. The minimum Gasteiger partial charge on any atom is -0.496 e. The van der Waals surface area contributed by atoms with Gasteiger partial charge in [-0.25, -0.2) is 0 Å². The van der Waals surface area contributed by atoms with Gasteiger partial charge in [0.1, 0.15) is 5.75 Å². The maximum Gasteiger partial charge on any atom is 0.125 e. The van der Waals surface area contributed by atoms with Crippen LogP contribution in [0.3, 0.4) is 0 Å². The second-order valence-electron chi connectivity index (χ2n) is 5.90. The molecule has 2 aromatic rings. The van der Waals surface area contributed by atoms with Gasteiger partial charge in [-0.1, -0.05) is 24.3 Å². The summed E-state index contributed by atoms with van der Waals surface area (Å²) in [5.41, 5.74) is 7.90. The number of anilines is 1. The lowest BCUT2D eigenvalue weighted by Gasteiger charge is -2.19. The van der Waals surface area contributed by atoms with E-state index in [1.807, 2.05) is 0 Å². The topological polar surface area (TPSA) is 21.3 Å². The minimum absolute atomic E-state index is 0.928. The third-order valence-electron chi connectivity index (χ3n) is 4.46. The number of hydrogen-bond acceptors (Lipinski definition) is 2. The van der Waals surface area contributed by atoms with E-state index < -0.39 is 0 Å². The van der Waals surface area contributed by atoms with E-state index in [0.29, 0.717) is 0 Å². The number of methoxy groups -OCH3 is 1. The zero-order valence-corrected chi connectivity index (χ0v) is 13.1. The highest BCUT2D eigenvalue weighted by molar-refractivity contribution is 5.55. The molecular weight excluding hydrogens is 258 g/mol. The van der Waals surface area contributed by atoms with E-state index in [9.17, 15) is 0 Å². The predicted octanol–water partition coefficient (Wildman–Crippen LogP) is 4.26. The molecule has 2 heteroatoms. The van der Waals surface area contributed by atoms with E-state index in [1.54, 1.807) is 7.11 Å². The average Bonchev–Trinajstić information content (AvgIpc) is 2.51. The van der Waals surface area contributed by atoms with Crippen LogP contribution in [0, 0.1) is 13.8 Å². The second kappa shape index (κ2) is 5.80. The monoisotopic (exact) mass is 281 g/mol. The Morgan fingerprint density at radius 2 is 2.00 bits per heavy atom. The van der Waals surface area contributed by atoms with Gasteiger partial charge in [0.25, 0.3) is 0 Å². The van der Waals surface area contributed by atoms with Crippen LogP contribution in [0.1, 0.15) is 34.2 Å². The maximum absolute atomic E-state index is 5.63. The van der Waals surface area contributed by atoms with Crippen molar-refractivity contribution in [2.75, 3.05) is 19.0 Å². The van der Waals surface area contributed by atoms with Crippen molar-refractivity contribution in [3.8, 4) is 5.75 Å². The Labute approximate surface area is 127 Å². The number of rotatable bonds is 3. The van der Waals surface area contributed by atoms with Gasteiger partial charge in [-0.15, -0.1) is 0 Å². The number of fused-ring (bicyclic) bond motifs is 1. The van der Waals surface area contributed by atoms with Crippen LogP contribution in [0.25, 0.3) is 0 Å². The molecule has 0 radical (unpaired) electrons. The standard InChI is InChI=1S/C19H23NO/c1-13-6-8-17(19(21-3)14(13)2)12-15-7-9-18-16(11-15)5-4-10-20-18/h6-9,11,20H,4-5,10,12H2,1-3H3. The third kappa shape index (κ3) is 2.76. The summed E-state index contributed by atoms with van der Waals surface area (Å²) in [5.74, 6) is 1.03. The molecule has 0 unspecified atom stereocenters. The van der Waals surface area contributed by atoms with Crippen molar-refractivity contribution < 1.29 is 4.74 Å². The van der Waals surface area contributed by atoms with Crippen LogP contribution in [0.4, 0.5) is 5.69 Å². The Kier molecular flexibility index (Phi) is 3.87. The first-order chi connectivity index (χ1) is 10.2. The normalized spacial score (nSPS) is 13.5. The fourth-order valence-electron chi connectivity index (χ4n) is 3.13. The van der Waals surface area contributed by atoms with E-state index in [2.05, 4.69) is 49.5 Å². The lowest BCUT2D eigenvalue weighted by Crippen LogP contribution is -2.11. The number of nitrogens with one attached hydrogen (secondary N) is 1. The maximum atomic E-state index is 5.63. The van der Waals surface area contributed by atoms with E-state index >= 15 is 0 Å². The fourth-order valence-corrected chi connectivity index (χ4v) is 3.13. The smallest absolute Gasteiger partial charge is 0.125 e. The minimum atomic E-state index is 0.928. The van der Waals surface area contributed by atoms with Crippen molar-refractivity contribution in [3.63, 3.8) is 0 Å². The summed E-state index contributed by atoms with van der Waals surface area (Å²) in [6, 6.07) is 11.2. The Morgan fingerprint density at radius 3 is 2.81 bits per heavy atom. The molecule has 0 atom stereocenters. The second-order valence-corrected chi connectivity index (χ2v) is 5.90. The molecule has 0 amide bonds.